The van der Waals surface area contributed by atoms with E-state index in [1.54, 1.807) is 11.8 Å². The van der Waals surface area contributed by atoms with Crippen LogP contribution in [0.15, 0.2) is 81.7 Å². The third-order valence-corrected chi connectivity index (χ3v) is 7.68. The van der Waals surface area contributed by atoms with Crippen LogP contribution in [0.3, 0.4) is 0 Å². The summed E-state index contributed by atoms with van der Waals surface area (Å²) in [7, 11) is 2.08. The average molecular weight is 475 g/mol. The zero-order valence-corrected chi connectivity index (χ0v) is 21.5. The first-order valence-corrected chi connectivity index (χ1v) is 12.8. The summed E-state index contributed by atoms with van der Waals surface area (Å²) in [5, 5.41) is 2.18. The number of aldehydes is 1. The molecule has 0 fully saturated rings. The molecule has 33 heavy (non-hydrogen) atoms. The lowest BCUT2D eigenvalue weighted by molar-refractivity contribution is -0.109. The predicted molar refractivity (Wildman–Crippen MR) is 141 cm³/mol. The summed E-state index contributed by atoms with van der Waals surface area (Å²) in [6, 6.07) is 21.0. The van der Waals surface area contributed by atoms with Crippen LogP contribution in [-0.2, 0) is 18.3 Å². The van der Waals surface area contributed by atoms with Crippen LogP contribution in [0.1, 0.15) is 43.5 Å². The van der Waals surface area contributed by atoms with Gasteiger partial charge in [0, 0.05) is 44.4 Å². The number of pyridine rings is 1. The highest BCUT2D eigenvalue weighted by Gasteiger charge is 2.27. The van der Waals surface area contributed by atoms with E-state index >= 15 is 0 Å². The Bertz CT molecular complexity index is 1260. The maximum Gasteiger partial charge on any atom is 0.129 e. The molecule has 0 aliphatic carbocycles. The summed E-state index contributed by atoms with van der Waals surface area (Å²) in [6.07, 6.45) is 3.71. The van der Waals surface area contributed by atoms with Gasteiger partial charge in [-0.3, -0.25) is 0 Å². The fourth-order valence-electron chi connectivity index (χ4n) is 4.02. The molecule has 0 radical (unpaired) electrons. The molecule has 4 rings (SSSR count). The van der Waals surface area contributed by atoms with E-state index in [1.807, 2.05) is 43.1 Å². The summed E-state index contributed by atoms with van der Waals surface area (Å²) in [4.78, 5) is 19.3. The molecule has 0 N–H and O–H groups in total. The van der Waals surface area contributed by atoms with Crippen LogP contribution in [0.4, 0.5) is 0 Å². The van der Waals surface area contributed by atoms with Gasteiger partial charge in [0.1, 0.15) is 11.3 Å². The highest BCUT2D eigenvalue weighted by atomic mass is 32.2. The molecule has 0 aliphatic heterocycles. The molecule has 0 aliphatic rings. The first-order valence-electron chi connectivity index (χ1n) is 11.2. The van der Waals surface area contributed by atoms with Crippen LogP contribution in [0.2, 0.25) is 0 Å². The van der Waals surface area contributed by atoms with Crippen molar-refractivity contribution in [3.05, 3.63) is 83.7 Å². The highest BCUT2D eigenvalue weighted by Crippen LogP contribution is 2.44. The normalized spacial score (nSPS) is 12.8. The minimum atomic E-state index is -0.204. The fourth-order valence-corrected chi connectivity index (χ4v) is 6.09. The molecule has 4 aromatic rings. The lowest BCUT2D eigenvalue weighted by Crippen LogP contribution is -2.13. The second-order valence-corrected chi connectivity index (χ2v) is 12.3. The number of aryl methyl sites for hydroxylation is 2. The van der Waals surface area contributed by atoms with Crippen LogP contribution >= 0.6 is 23.5 Å². The number of carbonyl (C=O) groups is 1. The summed E-state index contributed by atoms with van der Waals surface area (Å²) in [6.45, 7) is 8.72. The number of hydrogen-bond donors (Lipinski definition) is 0. The van der Waals surface area contributed by atoms with Crippen LogP contribution < -0.4 is 0 Å². The zero-order chi connectivity index (χ0) is 23.6. The van der Waals surface area contributed by atoms with Crippen molar-refractivity contribution < 1.29 is 4.79 Å². The van der Waals surface area contributed by atoms with Gasteiger partial charge < -0.3 is 9.36 Å². The second kappa shape index (κ2) is 9.78. The number of nitrogens with zero attached hydrogens (tertiary/aromatic N) is 2. The maximum atomic E-state index is 12.4. The Morgan fingerprint density at radius 3 is 2.45 bits per heavy atom. The number of benzene rings is 2. The highest BCUT2D eigenvalue weighted by molar-refractivity contribution is 8.01. The van der Waals surface area contributed by atoms with Gasteiger partial charge in [0.15, 0.2) is 0 Å². The monoisotopic (exact) mass is 474 g/mol. The third-order valence-electron chi connectivity index (χ3n) is 5.50. The lowest BCUT2D eigenvalue weighted by atomic mass is 9.97. The molecule has 5 heteroatoms. The molecule has 0 saturated carbocycles. The fraction of sp³-hybridized carbons (Fsp3) is 0.286. The molecule has 2 aromatic heterocycles. The van der Waals surface area contributed by atoms with Gasteiger partial charge in [0.05, 0.1) is 5.92 Å². The van der Waals surface area contributed by atoms with E-state index in [-0.39, 0.29) is 10.7 Å². The van der Waals surface area contributed by atoms with Crippen molar-refractivity contribution >= 4 is 40.7 Å². The van der Waals surface area contributed by atoms with Gasteiger partial charge >= 0.3 is 0 Å². The van der Waals surface area contributed by atoms with Crippen molar-refractivity contribution in [3.8, 4) is 0 Å². The van der Waals surface area contributed by atoms with Crippen molar-refractivity contribution in [2.24, 2.45) is 7.05 Å². The first-order chi connectivity index (χ1) is 15.7. The van der Waals surface area contributed by atoms with Crippen molar-refractivity contribution in [2.45, 2.75) is 59.6 Å². The standard InChI is InChI=1S/C28H30N2OS2/c1-19-11-14-25(29-17-19)32-22-12-13-24-23(16-22)27(33-28(2,3)4)26(30(24)5)21(18-31)15-20-9-7-6-8-10-20/h6-14,16-18,21H,15H2,1-5H3. The Morgan fingerprint density at radius 2 is 1.82 bits per heavy atom. The van der Waals surface area contributed by atoms with Gasteiger partial charge in [-0.15, -0.1) is 11.8 Å². The topological polar surface area (TPSA) is 34.9 Å². The van der Waals surface area contributed by atoms with Gasteiger partial charge in [-0.1, -0.05) is 68.9 Å². The van der Waals surface area contributed by atoms with E-state index in [2.05, 4.69) is 79.8 Å². The van der Waals surface area contributed by atoms with Gasteiger partial charge in [-0.25, -0.2) is 4.98 Å². The molecule has 2 heterocycles. The molecular weight excluding hydrogens is 444 g/mol. The zero-order valence-electron chi connectivity index (χ0n) is 19.8. The number of rotatable bonds is 7. The van der Waals surface area contributed by atoms with Crippen molar-refractivity contribution in [1.82, 2.24) is 9.55 Å². The van der Waals surface area contributed by atoms with Crippen LogP contribution in [-0.4, -0.2) is 20.6 Å². The number of hydrogen-bond acceptors (Lipinski definition) is 4. The van der Waals surface area contributed by atoms with Crippen LogP contribution in [0, 0.1) is 6.92 Å². The Hall–Kier alpha value is -2.50. The van der Waals surface area contributed by atoms with Gasteiger partial charge in [0.2, 0.25) is 0 Å². The Balaban J connectivity index is 1.81. The summed E-state index contributed by atoms with van der Waals surface area (Å²) < 4.78 is 2.23. The van der Waals surface area contributed by atoms with Crippen molar-refractivity contribution in [3.63, 3.8) is 0 Å². The van der Waals surface area contributed by atoms with Crippen molar-refractivity contribution in [1.29, 1.82) is 0 Å². The number of fused-ring (bicyclic) bond motifs is 1. The first kappa shape index (κ1) is 23.7. The maximum absolute atomic E-state index is 12.4. The molecule has 170 valence electrons. The Morgan fingerprint density at radius 1 is 1.06 bits per heavy atom. The molecule has 0 bridgehead atoms. The molecule has 0 saturated heterocycles. The minimum Gasteiger partial charge on any atom is -0.346 e. The molecule has 1 unspecified atom stereocenters. The summed E-state index contributed by atoms with van der Waals surface area (Å²) in [5.74, 6) is -0.204. The predicted octanol–water partition coefficient (Wildman–Crippen LogP) is 7.45. The molecule has 2 aromatic carbocycles. The van der Waals surface area contributed by atoms with E-state index in [0.717, 1.165) is 33.0 Å². The summed E-state index contributed by atoms with van der Waals surface area (Å²) in [5.41, 5.74) is 4.58. The van der Waals surface area contributed by atoms with Crippen LogP contribution in [0.5, 0.6) is 0 Å². The minimum absolute atomic E-state index is 0.0187. The second-order valence-electron chi connectivity index (χ2n) is 9.37. The molecule has 3 nitrogen and oxygen atoms in total. The summed E-state index contributed by atoms with van der Waals surface area (Å²) >= 11 is 3.51. The smallest absolute Gasteiger partial charge is 0.129 e. The van der Waals surface area contributed by atoms with Gasteiger partial charge in [-0.2, -0.15) is 0 Å². The largest absolute Gasteiger partial charge is 0.346 e. The van der Waals surface area contributed by atoms with E-state index in [1.165, 1.54) is 15.8 Å². The van der Waals surface area contributed by atoms with Gasteiger partial charge in [-0.05, 0) is 48.7 Å². The SMILES string of the molecule is Cc1ccc(Sc2ccc3c(c2)c(SC(C)(C)C)c(C(C=O)Cc2ccccc2)n3C)nc1. The molecule has 0 amide bonds. The molecule has 1 atom stereocenters. The number of thioether (sulfide) groups is 1. The third kappa shape index (κ3) is 5.53. The van der Waals surface area contributed by atoms with E-state index < -0.39 is 0 Å². The number of carbonyl (C=O) groups excluding carboxylic acids is 1. The van der Waals surface area contributed by atoms with E-state index in [0.29, 0.717) is 6.42 Å². The molecular formula is C28H30N2OS2. The molecule has 0 spiro atoms. The van der Waals surface area contributed by atoms with E-state index in [9.17, 15) is 4.79 Å². The Kier molecular flexibility index (Phi) is 7.01. The van der Waals surface area contributed by atoms with Crippen LogP contribution in [0.25, 0.3) is 10.9 Å². The van der Waals surface area contributed by atoms with Gasteiger partial charge in [0.25, 0.3) is 0 Å². The van der Waals surface area contributed by atoms with Crippen molar-refractivity contribution in [2.75, 3.05) is 0 Å². The number of aromatic nitrogens is 2. The average Bonchev–Trinajstić information content (AvgIpc) is 3.04. The lowest BCUT2D eigenvalue weighted by Gasteiger charge is -2.21. The Labute approximate surface area is 205 Å². The quantitative estimate of drug-likeness (QED) is 0.206. The van der Waals surface area contributed by atoms with E-state index in [4.69, 9.17) is 0 Å².